The molecule has 0 aliphatic carbocycles. The number of ketones is 1. The zero-order chi connectivity index (χ0) is 10.6. The fourth-order valence-corrected chi connectivity index (χ4v) is 1.24. The van der Waals surface area contributed by atoms with Gasteiger partial charge in [-0.1, -0.05) is 13.8 Å². The topological polar surface area (TPSA) is 55.1 Å². The second kappa shape index (κ2) is 4.91. The summed E-state index contributed by atoms with van der Waals surface area (Å²) in [6.07, 6.45) is 2.24. The van der Waals surface area contributed by atoms with Crippen molar-refractivity contribution in [2.24, 2.45) is 5.92 Å². The first-order valence-corrected chi connectivity index (χ1v) is 4.83. The quantitative estimate of drug-likeness (QED) is 0.717. The molecule has 0 fully saturated rings. The maximum atomic E-state index is 11.7. The van der Waals surface area contributed by atoms with Gasteiger partial charge in [0.1, 0.15) is 5.69 Å². The lowest BCUT2D eigenvalue weighted by Gasteiger charge is -2.07. The van der Waals surface area contributed by atoms with Crippen molar-refractivity contribution in [3.05, 3.63) is 18.0 Å². The number of aromatic nitrogens is 2. The Morgan fingerprint density at radius 1 is 1.64 bits per heavy atom. The van der Waals surface area contributed by atoms with Gasteiger partial charge in [0.25, 0.3) is 0 Å². The highest BCUT2D eigenvalue weighted by Gasteiger charge is 2.14. The zero-order valence-corrected chi connectivity index (χ0v) is 8.60. The maximum absolute atomic E-state index is 11.7. The molecule has 78 valence electrons. The lowest BCUT2D eigenvalue weighted by atomic mass is 10.1. The third-order valence-electron chi connectivity index (χ3n) is 2.02. The first-order chi connectivity index (χ1) is 6.66. The molecule has 0 amide bonds. The van der Waals surface area contributed by atoms with E-state index in [4.69, 9.17) is 5.11 Å². The van der Waals surface area contributed by atoms with Crippen LogP contribution in [-0.2, 0) is 6.54 Å². The number of Topliss-reactive ketones (excluding diaryl/α,β-unsaturated/α-hetero) is 1. The molecule has 0 unspecified atom stereocenters. The van der Waals surface area contributed by atoms with E-state index in [9.17, 15) is 4.79 Å². The van der Waals surface area contributed by atoms with Crippen LogP contribution in [0, 0.1) is 5.92 Å². The van der Waals surface area contributed by atoms with Crippen molar-refractivity contribution in [2.45, 2.75) is 26.8 Å². The number of hydrogen-bond donors (Lipinski definition) is 1. The molecule has 0 atom stereocenters. The molecule has 1 rings (SSSR count). The number of aryl methyl sites for hydroxylation is 1. The average molecular weight is 196 g/mol. The van der Waals surface area contributed by atoms with Gasteiger partial charge in [0.05, 0.1) is 0 Å². The van der Waals surface area contributed by atoms with E-state index in [-0.39, 0.29) is 18.3 Å². The van der Waals surface area contributed by atoms with Crippen LogP contribution >= 0.6 is 0 Å². The highest BCUT2D eigenvalue weighted by atomic mass is 16.3. The molecule has 1 aromatic rings. The number of rotatable bonds is 5. The summed E-state index contributed by atoms with van der Waals surface area (Å²) in [5.74, 6) is 0.0833. The van der Waals surface area contributed by atoms with E-state index in [0.717, 1.165) is 0 Å². The van der Waals surface area contributed by atoms with Crippen LogP contribution in [0.1, 0.15) is 30.8 Å². The lowest BCUT2D eigenvalue weighted by molar-refractivity contribution is 0.0927. The van der Waals surface area contributed by atoms with E-state index in [1.54, 1.807) is 16.9 Å². The largest absolute Gasteiger partial charge is 0.396 e. The van der Waals surface area contributed by atoms with Crippen LogP contribution in [0.25, 0.3) is 0 Å². The molecule has 1 heterocycles. The molecule has 0 saturated carbocycles. The smallest absolute Gasteiger partial charge is 0.183 e. The van der Waals surface area contributed by atoms with Crippen molar-refractivity contribution < 1.29 is 9.90 Å². The molecule has 0 aliphatic rings. The number of hydrogen-bond acceptors (Lipinski definition) is 3. The monoisotopic (exact) mass is 196 g/mol. The van der Waals surface area contributed by atoms with Crippen molar-refractivity contribution in [3.63, 3.8) is 0 Å². The molecular formula is C10H16N2O2. The first kappa shape index (κ1) is 10.9. The van der Waals surface area contributed by atoms with Crippen molar-refractivity contribution in [3.8, 4) is 0 Å². The average Bonchev–Trinajstić information content (AvgIpc) is 2.61. The molecule has 4 heteroatoms. The Bertz CT molecular complexity index is 305. The van der Waals surface area contributed by atoms with Crippen LogP contribution < -0.4 is 0 Å². The SMILES string of the molecule is CC(C)C(=O)c1ccnn1CCCO. The standard InChI is InChI=1S/C10H16N2O2/c1-8(2)10(14)9-4-5-11-12(9)6-3-7-13/h4-5,8,13H,3,6-7H2,1-2H3. The highest BCUT2D eigenvalue weighted by Crippen LogP contribution is 2.08. The van der Waals surface area contributed by atoms with Crippen molar-refractivity contribution >= 4 is 5.78 Å². The summed E-state index contributed by atoms with van der Waals surface area (Å²) in [6, 6.07) is 1.72. The number of aliphatic hydroxyl groups excluding tert-OH is 1. The van der Waals surface area contributed by atoms with E-state index in [2.05, 4.69) is 5.10 Å². The summed E-state index contributed by atoms with van der Waals surface area (Å²) in [7, 11) is 0. The van der Waals surface area contributed by atoms with Gasteiger partial charge < -0.3 is 5.11 Å². The lowest BCUT2D eigenvalue weighted by Crippen LogP contribution is -2.15. The van der Waals surface area contributed by atoms with Gasteiger partial charge in [0.15, 0.2) is 5.78 Å². The molecule has 1 N–H and O–H groups in total. The van der Waals surface area contributed by atoms with E-state index in [0.29, 0.717) is 18.7 Å². The Labute approximate surface area is 83.5 Å². The summed E-state index contributed by atoms with van der Waals surface area (Å²) in [5, 5.41) is 12.7. The summed E-state index contributed by atoms with van der Waals surface area (Å²) in [4.78, 5) is 11.7. The Balaban J connectivity index is 2.76. The van der Waals surface area contributed by atoms with Crippen LogP contribution in [-0.4, -0.2) is 27.3 Å². The van der Waals surface area contributed by atoms with Gasteiger partial charge in [-0.3, -0.25) is 9.48 Å². The van der Waals surface area contributed by atoms with E-state index < -0.39 is 0 Å². The Morgan fingerprint density at radius 2 is 2.36 bits per heavy atom. The van der Waals surface area contributed by atoms with Gasteiger partial charge >= 0.3 is 0 Å². The highest BCUT2D eigenvalue weighted by molar-refractivity contribution is 5.95. The fraction of sp³-hybridized carbons (Fsp3) is 0.600. The number of nitrogens with zero attached hydrogens (tertiary/aromatic N) is 2. The Kier molecular flexibility index (Phi) is 3.83. The Morgan fingerprint density at radius 3 is 2.93 bits per heavy atom. The summed E-state index contributed by atoms with van der Waals surface area (Å²) in [6.45, 7) is 4.45. The summed E-state index contributed by atoms with van der Waals surface area (Å²) >= 11 is 0. The van der Waals surface area contributed by atoms with Crippen molar-refractivity contribution in [1.29, 1.82) is 0 Å². The summed E-state index contributed by atoms with van der Waals surface area (Å²) < 4.78 is 1.65. The van der Waals surface area contributed by atoms with Gasteiger partial charge in [0, 0.05) is 25.3 Å². The second-order valence-electron chi connectivity index (χ2n) is 3.54. The van der Waals surface area contributed by atoms with Gasteiger partial charge in [0.2, 0.25) is 0 Å². The molecule has 0 radical (unpaired) electrons. The van der Waals surface area contributed by atoms with E-state index in [1.807, 2.05) is 13.8 Å². The van der Waals surface area contributed by atoms with Gasteiger partial charge in [-0.2, -0.15) is 5.10 Å². The number of carbonyl (C=O) groups excluding carboxylic acids is 1. The second-order valence-corrected chi connectivity index (χ2v) is 3.54. The number of aliphatic hydroxyl groups is 1. The molecule has 0 aliphatic heterocycles. The first-order valence-electron chi connectivity index (χ1n) is 4.83. The predicted octanol–water partition coefficient (Wildman–Crippen LogP) is 1.10. The minimum atomic E-state index is -0.0143. The Hall–Kier alpha value is -1.16. The fourth-order valence-electron chi connectivity index (χ4n) is 1.24. The molecule has 0 spiro atoms. The minimum Gasteiger partial charge on any atom is -0.396 e. The maximum Gasteiger partial charge on any atom is 0.183 e. The third-order valence-corrected chi connectivity index (χ3v) is 2.02. The number of carbonyl (C=O) groups is 1. The van der Waals surface area contributed by atoms with Gasteiger partial charge in [-0.15, -0.1) is 0 Å². The van der Waals surface area contributed by atoms with Crippen molar-refractivity contribution in [2.75, 3.05) is 6.61 Å². The molecule has 0 aromatic carbocycles. The van der Waals surface area contributed by atoms with Crippen LogP contribution in [0.5, 0.6) is 0 Å². The minimum absolute atomic E-state index is 0.0143. The third kappa shape index (κ3) is 2.42. The zero-order valence-electron chi connectivity index (χ0n) is 8.60. The van der Waals surface area contributed by atoms with Crippen molar-refractivity contribution in [1.82, 2.24) is 9.78 Å². The molecule has 1 aromatic heterocycles. The molecular weight excluding hydrogens is 180 g/mol. The predicted molar refractivity (Wildman–Crippen MR) is 53.1 cm³/mol. The van der Waals surface area contributed by atoms with E-state index >= 15 is 0 Å². The molecule has 0 bridgehead atoms. The van der Waals surface area contributed by atoms with E-state index in [1.165, 1.54) is 0 Å². The molecule has 4 nitrogen and oxygen atoms in total. The van der Waals surface area contributed by atoms with Crippen LogP contribution in [0.15, 0.2) is 12.3 Å². The van der Waals surface area contributed by atoms with Crippen LogP contribution in [0.2, 0.25) is 0 Å². The van der Waals surface area contributed by atoms with Crippen LogP contribution in [0.4, 0.5) is 0 Å². The van der Waals surface area contributed by atoms with Gasteiger partial charge in [-0.05, 0) is 12.5 Å². The normalized spacial score (nSPS) is 10.9. The molecule has 14 heavy (non-hydrogen) atoms. The van der Waals surface area contributed by atoms with Crippen LogP contribution in [0.3, 0.4) is 0 Å². The molecule has 0 saturated heterocycles. The van der Waals surface area contributed by atoms with Gasteiger partial charge in [-0.25, -0.2) is 0 Å². The summed E-state index contributed by atoms with van der Waals surface area (Å²) in [5.41, 5.74) is 0.633.